The zero-order chi connectivity index (χ0) is 21.6. The predicted octanol–water partition coefficient (Wildman–Crippen LogP) is 4.53. The van der Waals surface area contributed by atoms with Gasteiger partial charge in [-0.25, -0.2) is 0 Å². The molecule has 1 aliphatic heterocycles. The summed E-state index contributed by atoms with van der Waals surface area (Å²) in [5.41, 5.74) is 3.88. The molecule has 6 heteroatoms. The first-order valence-corrected chi connectivity index (χ1v) is 11.2. The third kappa shape index (κ3) is 4.91. The number of hydrogen-bond acceptors (Lipinski definition) is 4. The molecule has 5 nitrogen and oxygen atoms in total. The monoisotopic (exact) mass is 431 g/mol. The molecular weight excluding hydrogens is 406 g/mol. The van der Waals surface area contributed by atoms with Crippen LogP contribution >= 0.6 is 11.8 Å². The van der Waals surface area contributed by atoms with E-state index in [1.54, 1.807) is 17.8 Å². The minimum atomic E-state index is -0.229. The van der Waals surface area contributed by atoms with Crippen molar-refractivity contribution in [3.05, 3.63) is 83.9 Å². The Labute approximate surface area is 186 Å². The van der Waals surface area contributed by atoms with Crippen LogP contribution in [0, 0.1) is 6.92 Å². The van der Waals surface area contributed by atoms with E-state index >= 15 is 0 Å². The molecule has 0 spiro atoms. The van der Waals surface area contributed by atoms with E-state index in [1.807, 2.05) is 25.1 Å². The van der Waals surface area contributed by atoms with Crippen LogP contribution in [0.1, 0.15) is 22.3 Å². The van der Waals surface area contributed by atoms with Crippen molar-refractivity contribution in [2.24, 2.45) is 0 Å². The van der Waals surface area contributed by atoms with Gasteiger partial charge < -0.3 is 15.5 Å². The summed E-state index contributed by atoms with van der Waals surface area (Å²) in [5.74, 6) is -0.413. The number of rotatable bonds is 7. The van der Waals surface area contributed by atoms with Crippen molar-refractivity contribution < 1.29 is 9.59 Å². The van der Waals surface area contributed by atoms with Crippen LogP contribution in [0.15, 0.2) is 82.6 Å². The molecule has 158 valence electrons. The van der Waals surface area contributed by atoms with Gasteiger partial charge in [0.05, 0.1) is 17.9 Å². The Hall–Kier alpha value is -3.25. The van der Waals surface area contributed by atoms with Gasteiger partial charge in [0.2, 0.25) is 5.91 Å². The van der Waals surface area contributed by atoms with E-state index in [0.29, 0.717) is 12.1 Å². The number of amides is 2. The van der Waals surface area contributed by atoms with Crippen molar-refractivity contribution in [2.75, 3.05) is 24.5 Å². The van der Waals surface area contributed by atoms with Crippen molar-refractivity contribution in [1.82, 2.24) is 10.6 Å². The van der Waals surface area contributed by atoms with E-state index in [-0.39, 0.29) is 18.4 Å². The number of fused-ring (bicyclic) bond motifs is 2. The number of hydrogen-bond donors (Lipinski definition) is 2. The van der Waals surface area contributed by atoms with Gasteiger partial charge in [-0.2, -0.15) is 0 Å². The van der Waals surface area contributed by atoms with Crippen LogP contribution in [0.2, 0.25) is 0 Å². The largest absolute Gasteiger partial charge is 0.355 e. The molecule has 0 bridgehead atoms. The van der Waals surface area contributed by atoms with Crippen LogP contribution in [-0.2, 0) is 4.79 Å². The molecule has 2 amide bonds. The van der Waals surface area contributed by atoms with Gasteiger partial charge in [-0.1, -0.05) is 54.2 Å². The van der Waals surface area contributed by atoms with E-state index in [4.69, 9.17) is 0 Å². The molecular formula is C25H25N3O2S. The lowest BCUT2D eigenvalue weighted by molar-refractivity contribution is -0.120. The lowest BCUT2D eigenvalue weighted by Gasteiger charge is -2.32. The molecule has 0 atom stereocenters. The molecule has 0 unspecified atom stereocenters. The maximum Gasteiger partial charge on any atom is 0.251 e. The van der Waals surface area contributed by atoms with Crippen molar-refractivity contribution in [3.63, 3.8) is 0 Å². The van der Waals surface area contributed by atoms with Gasteiger partial charge in [0.1, 0.15) is 0 Å². The Kier molecular flexibility index (Phi) is 6.57. The predicted molar refractivity (Wildman–Crippen MR) is 125 cm³/mol. The molecule has 0 saturated carbocycles. The van der Waals surface area contributed by atoms with Gasteiger partial charge in [-0.3, -0.25) is 9.59 Å². The molecule has 3 aromatic carbocycles. The molecule has 2 N–H and O–H groups in total. The van der Waals surface area contributed by atoms with Crippen molar-refractivity contribution >= 4 is 35.0 Å². The molecule has 1 aliphatic rings. The second-order valence-electron chi connectivity index (χ2n) is 7.39. The number of carbonyl (C=O) groups excluding carboxylic acids is 2. The fourth-order valence-electron chi connectivity index (χ4n) is 3.63. The van der Waals surface area contributed by atoms with Gasteiger partial charge in [0, 0.05) is 28.4 Å². The van der Waals surface area contributed by atoms with Crippen LogP contribution in [0.25, 0.3) is 0 Å². The first-order chi connectivity index (χ1) is 15.1. The number of carbonyl (C=O) groups is 2. The summed E-state index contributed by atoms with van der Waals surface area (Å²) in [6, 6.07) is 24.1. The second-order valence-corrected chi connectivity index (χ2v) is 8.47. The SMILES string of the molecule is Cc1ccccc1C(=O)NCC(=O)NCCCN1c2ccccc2Sc2ccccc21. The van der Waals surface area contributed by atoms with Crippen molar-refractivity contribution in [2.45, 2.75) is 23.1 Å². The Morgan fingerprint density at radius 3 is 2.13 bits per heavy atom. The number of benzene rings is 3. The number of nitrogens with one attached hydrogen (secondary N) is 2. The number of para-hydroxylation sites is 2. The van der Waals surface area contributed by atoms with E-state index in [9.17, 15) is 9.59 Å². The maximum atomic E-state index is 12.2. The van der Waals surface area contributed by atoms with Crippen LogP contribution in [0.5, 0.6) is 0 Å². The molecule has 0 radical (unpaired) electrons. The van der Waals surface area contributed by atoms with E-state index in [1.165, 1.54) is 21.2 Å². The normalized spacial score (nSPS) is 12.0. The molecule has 3 aromatic rings. The minimum Gasteiger partial charge on any atom is -0.355 e. The first-order valence-electron chi connectivity index (χ1n) is 10.4. The Morgan fingerprint density at radius 1 is 0.839 bits per heavy atom. The highest BCUT2D eigenvalue weighted by Gasteiger charge is 2.22. The fourth-order valence-corrected chi connectivity index (χ4v) is 4.73. The quantitative estimate of drug-likeness (QED) is 0.540. The van der Waals surface area contributed by atoms with Crippen LogP contribution in [0.4, 0.5) is 11.4 Å². The average Bonchev–Trinajstić information content (AvgIpc) is 2.80. The summed E-state index contributed by atoms with van der Waals surface area (Å²) in [5, 5.41) is 5.60. The number of aryl methyl sites for hydroxylation is 1. The lowest BCUT2D eigenvalue weighted by atomic mass is 10.1. The molecule has 0 fully saturated rings. The Bertz CT molecular complexity index is 1050. The van der Waals surface area contributed by atoms with Crippen LogP contribution in [0.3, 0.4) is 0 Å². The lowest BCUT2D eigenvalue weighted by Crippen LogP contribution is -2.38. The topological polar surface area (TPSA) is 61.4 Å². The van der Waals surface area contributed by atoms with Crippen molar-refractivity contribution in [1.29, 1.82) is 0 Å². The van der Waals surface area contributed by atoms with Crippen molar-refractivity contribution in [3.8, 4) is 0 Å². The van der Waals surface area contributed by atoms with Crippen LogP contribution in [-0.4, -0.2) is 31.4 Å². The van der Waals surface area contributed by atoms with E-state index in [2.05, 4.69) is 64.1 Å². The summed E-state index contributed by atoms with van der Waals surface area (Å²) < 4.78 is 0. The standard InChI is InChI=1S/C25H25N3O2S/c1-18-9-2-3-10-19(18)25(30)27-17-24(29)26-15-8-16-28-20-11-4-6-13-22(20)31-23-14-7-5-12-21(23)28/h2-7,9-14H,8,15-17H2,1H3,(H,26,29)(H,27,30). The Morgan fingerprint density at radius 2 is 1.45 bits per heavy atom. The van der Waals surface area contributed by atoms with E-state index < -0.39 is 0 Å². The third-order valence-corrected chi connectivity index (χ3v) is 6.34. The van der Waals surface area contributed by atoms with E-state index in [0.717, 1.165) is 18.5 Å². The summed E-state index contributed by atoms with van der Waals surface area (Å²) >= 11 is 1.79. The zero-order valence-corrected chi connectivity index (χ0v) is 18.2. The average molecular weight is 432 g/mol. The molecule has 31 heavy (non-hydrogen) atoms. The summed E-state index contributed by atoms with van der Waals surface area (Å²) in [7, 11) is 0. The highest BCUT2D eigenvalue weighted by atomic mass is 32.2. The van der Waals surface area contributed by atoms with Gasteiger partial charge >= 0.3 is 0 Å². The molecule has 0 aromatic heterocycles. The molecule has 0 aliphatic carbocycles. The van der Waals surface area contributed by atoms with Gasteiger partial charge in [-0.05, 0) is 49.2 Å². The highest BCUT2D eigenvalue weighted by Crippen LogP contribution is 2.47. The van der Waals surface area contributed by atoms with Gasteiger partial charge in [0.25, 0.3) is 5.91 Å². The summed E-state index contributed by atoms with van der Waals surface area (Å²) in [4.78, 5) is 29.2. The molecule has 0 saturated heterocycles. The number of nitrogens with zero attached hydrogens (tertiary/aromatic N) is 1. The smallest absolute Gasteiger partial charge is 0.251 e. The van der Waals surface area contributed by atoms with Gasteiger partial charge in [0.15, 0.2) is 0 Å². The van der Waals surface area contributed by atoms with Gasteiger partial charge in [-0.15, -0.1) is 0 Å². The molecule has 4 rings (SSSR count). The third-order valence-electron chi connectivity index (χ3n) is 5.21. The maximum absolute atomic E-state index is 12.2. The van der Waals surface area contributed by atoms with Crippen LogP contribution < -0.4 is 15.5 Å². The first kappa shape index (κ1) is 21.0. The summed E-state index contributed by atoms with van der Waals surface area (Å²) in [6.07, 6.45) is 0.796. The zero-order valence-electron chi connectivity index (χ0n) is 17.4. The highest BCUT2D eigenvalue weighted by molar-refractivity contribution is 7.99. The molecule has 1 heterocycles. The Balaban J connectivity index is 1.28. The number of anilines is 2. The second kappa shape index (κ2) is 9.71. The fraction of sp³-hybridized carbons (Fsp3) is 0.200. The minimum absolute atomic E-state index is 0.0286. The summed E-state index contributed by atoms with van der Waals surface area (Å²) in [6.45, 7) is 3.20.